The van der Waals surface area contributed by atoms with Gasteiger partial charge in [0.25, 0.3) is 0 Å². The van der Waals surface area contributed by atoms with E-state index >= 15 is 0 Å². The predicted octanol–water partition coefficient (Wildman–Crippen LogP) is 8.45. The Morgan fingerprint density at radius 2 is 1.52 bits per heavy atom. The molecule has 1 unspecified atom stereocenters. The molecule has 0 bridgehead atoms. The molecular weight excluding hydrogens is 517 g/mol. The molecule has 7 heteroatoms. The van der Waals surface area contributed by atoms with Crippen molar-refractivity contribution in [3.8, 4) is 33.8 Å². The van der Waals surface area contributed by atoms with Gasteiger partial charge in [-0.3, -0.25) is 0 Å². The van der Waals surface area contributed by atoms with E-state index in [1.54, 1.807) is 48.5 Å². The topological polar surface area (TPSA) is 55.8 Å². The molecule has 0 amide bonds. The number of halogens is 3. The second-order valence-electron chi connectivity index (χ2n) is 9.20. The highest BCUT2D eigenvalue weighted by molar-refractivity contribution is 5.91. The van der Waals surface area contributed by atoms with Crippen molar-refractivity contribution < 1.29 is 32.5 Å². The Morgan fingerprint density at radius 1 is 0.875 bits per heavy atom. The summed E-state index contributed by atoms with van der Waals surface area (Å²) in [5.41, 5.74) is 2.44. The predicted molar refractivity (Wildman–Crippen MR) is 149 cm³/mol. The molecule has 1 atom stereocenters. The summed E-state index contributed by atoms with van der Waals surface area (Å²) in [5, 5.41) is 10.1. The Bertz CT molecular complexity index is 1480. The summed E-state index contributed by atoms with van der Waals surface area (Å²) in [7, 11) is 0. The van der Waals surface area contributed by atoms with Crippen LogP contribution in [0.4, 0.5) is 13.2 Å². The average Bonchev–Trinajstić information content (AvgIpc) is 2.97. The maximum Gasteiger partial charge on any atom is 0.343 e. The summed E-state index contributed by atoms with van der Waals surface area (Å²) < 4.78 is 54.7. The first-order valence-electron chi connectivity index (χ1n) is 12.9. The Hall–Kier alpha value is -4.36. The van der Waals surface area contributed by atoms with Gasteiger partial charge in [-0.1, -0.05) is 61.9 Å². The molecule has 0 aliphatic heterocycles. The van der Waals surface area contributed by atoms with Crippen molar-refractivity contribution >= 4 is 5.97 Å². The monoisotopic (exact) mass is 546 g/mol. The third-order valence-electron chi connectivity index (χ3n) is 6.38. The van der Waals surface area contributed by atoms with Gasteiger partial charge in [-0.2, -0.15) is 4.39 Å². The first-order chi connectivity index (χ1) is 19.3. The van der Waals surface area contributed by atoms with Gasteiger partial charge in [0.2, 0.25) is 5.82 Å². The Morgan fingerprint density at radius 3 is 2.17 bits per heavy atom. The maximum absolute atomic E-state index is 14.9. The molecule has 40 heavy (non-hydrogen) atoms. The molecule has 0 radical (unpaired) electrons. The van der Waals surface area contributed by atoms with Crippen LogP contribution in [0.3, 0.4) is 0 Å². The van der Waals surface area contributed by atoms with Gasteiger partial charge in [0.15, 0.2) is 23.1 Å². The molecule has 0 spiro atoms. The highest BCUT2D eigenvalue weighted by atomic mass is 19.2. The van der Waals surface area contributed by atoms with Gasteiger partial charge in [-0.25, -0.2) is 13.6 Å². The minimum Gasteiger partial charge on any atom is -0.490 e. The lowest BCUT2D eigenvalue weighted by Crippen LogP contribution is -2.10. The number of carbonyl (C=O) groups excluding carboxylic acids is 1. The standard InChI is InChI=1S/C33H29F3O4/c1-3-5-19-39-29-17-15-25(20-27(29)34)21-7-13-24(14-8-21)33(38)40-30-18-16-26(31(35)32(30)36)22-9-11-23(12-10-22)28(37)6-4-2/h3,7-18,20,28,37H,1,4-6,19H2,2H3. The van der Waals surface area contributed by atoms with Gasteiger partial charge in [0.05, 0.1) is 18.3 Å². The van der Waals surface area contributed by atoms with Crippen LogP contribution >= 0.6 is 0 Å². The molecule has 4 rings (SSSR count). The molecule has 4 nitrogen and oxygen atoms in total. The van der Waals surface area contributed by atoms with Crippen LogP contribution in [0, 0.1) is 17.5 Å². The lowest BCUT2D eigenvalue weighted by Gasteiger charge is -2.12. The smallest absolute Gasteiger partial charge is 0.343 e. The van der Waals surface area contributed by atoms with Crippen molar-refractivity contribution in [2.75, 3.05) is 6.61 Å². The Kier molecular flexibility index (Phi) is 9.40. The number of hydrogen-bond donors (Lipinski definition) is 1. The highest BCUT2D eigenvalue weighted by Crippen LogP contribution is 2.32. The second-order valence-corrected chi connectivity index (χ2v) is 9.20. The lowest BCUT2D eigenvalue weighted by molar-refractivity contribution is 0.0726. The SMILES string of the molecule is C=CCCOc1ccc(-c2ccc(C(=O)Oc3ccc(-c4ccc(C(O)CCC)cc4)c(F)c3F)cc2)cc1F. The van der Waals surface area contributed by atoms with E-state index in [4.69, 9.17) is 9.47 Å². The number of ether oxygens (including phenoxy) is 2. The molecule has 206 valence electrons. The zero-order chi connectivity index (χ0) is 28.6. The number of benzene rings is 4. The van der Waals surface area contributed by atoms with Gasteiger partial charge in [0, 0.05) is 5.56 Å². The van der Waals surface area contributed by atoms with Crippen LogP contribution in [0.15, 0.2) is 91.5 Å². The van der Waals surface area contributed by atoms with E-state index in [1.165, 1.54) is 36.4 Å². The van der Waals surface area contributed by atoms with Gasteiger partial charge < -0.3 is 14.6 Å². The number of carbonyl (C=O) groups is 1. The molecule has 0 aliphatic carbocycles. The van der Waals surface area contributed by atoms with E-state index in [2.05, 4.69) is 6.58 Å². The largest absolute Gasteiger partial charge is 0.490 e. The van der Waals surface area contributed by atoms with Crippen molar-refractivity contribution in [2.45, 2.75) is 32.3 Å². The van der Waals surface area contributed by atoms with Crippen molar-refractivity contribution in [3.63, 3.8) is 0 Å². The van der Waals surface area contributed by atoms with Gasteiger partial charge in [-0.05, 0) is 71.5 Å². The average molecular weight is 547 g/mol. The van der Waals surface area contributed by atoms with Gasteiger partial charge in [-0.15, -0.1) is 6.58 Å². The molecule has 1 N–H and O–H groups in total. The zero-order valence-electron chi connectivity index (χ0n) is 22.0. The molecule has 4 aromatic carbocycles. The fraction of sp³-hybridized carbons (Fsp3) is 0.182. The number of hydrogen-bond acceptors (Lipinski definition) is 4. The summed E-state index contributed by atoms with van der Waals surface area (Å²) in [6.45, 7) is 5.88. The van der Waals surface area contributed by atoms with Crippen LogP contribution in [-0.4, -0.2) is 17.7 Å². The Balaban J connectivity index is 1.45. The minimum atomic E-state index is -1.29. The van der Waals surface area contributed by atoms with E-state index < -0.39 is 35.3 Å². The van der Waals surface area contributed by atoms with Crippen LogP contribution in [-0.2, 0) is 0 Å². The van der Waals surface area contributed by atoms with Gasteiger partial charge in [0.1, 0.15) is 0 Å². The summed E-state index contributed by atoms with van der Waals surface area (Å²) in [5.74, 6) is -4.24. The second kappa shape index (κ2) is 13.1. The molecule has 0 saturated heterocycles. The number of aliphatic hydroxyl groups is 1. The molecule has 0 heterocycles. The van der Waals surface area contributed by atoms with E-state index in [0.29, 0.717) is 41.7 Å². The van der Waals surface area contributed by atoms with E-state index in [0.717, 1.165) is 6.42 Å². The summed E-state index contributed by atoms with van der Waals surface area (Å²) in [6, 6.07) is 19.8. The molecular formula is C33H29F3O4. The number of esters is 1. The molecule has 0 aromatic heterocycles. The fourth-order valence-electron chi connectivity index (χ4n) is 4.17. The van der Waals surface area contributed by atoms with Crippen molar-refractivity contribution in [2.24, 2.45) is 0 Å². The number of aliphatic hydroxyl groups excluding tert-OH is 1. The van der Waals surface area contributed by atoms with Crippen molar-refractivity contribution in [1.82, 2.24) is 0 Å². The quantitative estimate of drug-likeness (QED) is 0.0888. The molecule has 0 fully saturated rings. The molecule has 0 aliphatic rings. The zero-order valence-corrected chi connectivity index (χ0v) is 22.0. The highest BCUT2D eigenvalue weighted by Gasteiger charge is 2.19. The Labute approximate surface area is 231 Å². The van der Waals surface area contributed by atoms with Gasteiger partial charge >= 0.3 is 5.97 Å². The van der Waals surface area contributed by atoms with Crippen molar-refractivity contribution in [3.05, 3.63) is 120 Å². The van der Waals surface area contributed by atoms with Crippen LogP contribution in [0.2, 0.25) is 0 Å². The van der Waals surface area contributed by atoms with E-state index in [1.807, 2.05) is 6.92 Å². The first kappa shape index (κ1) is 28.6. The third kappa shape index (κ3) is 6.61. The van der Waals surface area contributed by atoms with Crippen LogP contribution in [0.1, 0.15) is 48.2 Å². The first-order valence-corrected chi connectivity index (χ1v) is 12.9. The molecule has 4 aromatic rings. The van der Waals surface area contributed by atoms with Crippen LogP contribution in [0.25, 0.3) is 22.3 Å². The molecule has 0 saturated carbocycles. The van der Waals surface area contributed by atoms with Crippen LogP contribution < -0.4 is 9.47 Å². The fourth-order valence-corrected chi connectivity index (χ4v) is 4.17. The summed E-state index contributed by atoms with van der Waals surface area (Å²) >= 11 is 0. The van der Waals surface area contributed by atoms with E-state index in [-0.39, 0.29) is 16.9 Å². The minimum absolute atomic E-state index is 0.00235. The van der Waals surface area contributed by atoms with E-state index in [9.17, 15) is 23.1 Å². The maximum atomic E-state index is 14.9. The number of rotatable bonds is 11. The lowest BCUT2D eigenvalue weighted by atomic mass is 9.99. The van der Waals surface area contributed by atoms with Crippen LogP contribution in [0.5, 0.6) is 11.5 Å². The summed E-state index contributed by atoms with van der Waals surface area (Å²) in [6.07, 6.45) is 3.07. The van der Waals surface area contributed by atoms with Crippen molar-refractivity contribution in [1.29, 1.82) is 0 Å². The normalized spacial score (nSPS) is 11.6. The third-order valence-corrected chi connectivity index (χ3v) is 6.38. The summed E-state index contributed by atoms with van der Waals surface area (Å²) in [4.78, 5) is 12.6.